The van der Waals surface area contributed by atoms with E-state index in [-0.39, 0.29) is 25.3 Å². The van der Waals surface area contributed by atoms with Crippen LogP contribution in [0.1, 0.15) is 65.7 Å². The maximum absolute atomic E-state index is 14.4. The number of hydrogen-bond donors (Lipinski definition) is 3. The van der Waals surface area contributed by atoms with Crippen molar-refractivity contribution in [1.29, 1.82) is 0 Å². The number of nitrogens with zero attached hydrogens (tertiary/aromatic N) is 3. The number of pyridine rings is 1. The van der Waals surface area contributed by atoms with Crippen molar-refractivity contribution in [2.24, 2.45) is 5.92 Å². The summed E-state index contributed by atoms with van der Waals surface area (Å²) in [4.78, 5) is 60.0. The number of ether oxygens (including phenoxy) is 3. The highest BCUT2D eigenvalue weighted by Crippen LogP contribution is 2.45. The van der Waals surface area contributed by atoms with Gasteiger partial charge in [0.15, 0.2) is 0 Å². The lowest BCUT2D eigenvalue weighted by Gasteiger charge is -2.30. The van der Waals surface area contributed by atoms with Crippen molar-refractivity contribution in [2.45, 2.75) is 95.0 Å². The topological polar surface area (TPSA) is 161 Å². The molecule has 1 saturated carbocycles. The molecule has 2 aliphatic heterocycles. The SMILES string of the molecule is COc1ccc2c(O[C@@H]3C[C@H]4C(=O)N[C@]5(C(=O)O)C[C@H]5/C=C\CCCCCC(NC(=O)OC(C)(C)C)C(=O)N4C3)cc(-n3cccc3)nc2c1. The number of nitrogens with one attached hydrogen (secondary N) is 2. The van der Waals surface area contributed by atoms with Crippen LogP contribution in [0.5, 0.6) is 11.5 Å². The first kappa shape index (κ1) is 34.8. The van der Waals surface area contributed by atoms with Gasteiger partial charge in [-0.05, 0) is 70.7 Å². The largest absolute Gasteiger partial charge is 0.497 e. The minimum absolute atomic E-state index is 0.0334. The molecule has 1 unspecified atom stereocenters. The predicted octanol–water partition coefficient (Wildman–Crippen LogP) is 4.76. The molecule has 0 spiro atoms. The number of carbonyl (C=O) groups is 4. The van der Waals surface area contributed by atoms with E-state index in [0.29, 0.717) is 41.1 Å². The molecule has 5 atom stereocenters. The molecule has 13 nitrogen and oxygen atoms in total. The van der Waals surface area contributed by atoms with Gasteiger partial charge in [0.1, 0.15) is 46.6 Å². The summed E-state index contributed by atoms with van der Waals surface area (Å²) in [5, 5.41) is 16.4. The van der Waals surface area contributed by atoms with Crippen LogP contribution < -0.4 is 20.1 Å². The van der Waals surface area contributed by atoms with E-state index in [1.54, 1.807) is 40.0 Å². The van der Waals surface area contributed by atoms with Crippen molar-refractivity contribution in [3.8, 4) is 17.3 Å². The summed E-state index contributed by atoms with van der Waals surface area (Å²) in [6.45, 7) is 5.26. The van der Waals surface area contributed by atoms with Gasteiger partial charge >= 0.3 is 12.1 Å². The molecule has 13 heteroatoms. The Kier molecular flexibility index (Phi) is 9.77. The van der Waals surface area contributed by atoms with E-state index in [9.17, 15) is 24.3 Å². The molecule has 1 aliphatic carbocycles. The molecule has 0 radical (unpaired) electrons. The van der Waals surface area contributed by atoms with Crippen molar-refractivity contribution in [3.63, 3.8) is 0 Å². The maximum atomic E-state index is 14.4. The van der Waals surface area contributed by atoms with Crippen LogP contribution in [0.3, 0.4) is 0 Å². The monoisotopic (exact) mass is 687 g/mol. The highest BCUT2D eigenvalue weighted by atomic mass is 16.6. The van der Waals surface area contributed by atoms with Crippen LogP contribution in [0.2, 0.25) is 0 Å². The molecular formula is C37H45N5O8. The molecule has 3 amide bonds. The van der Waals surface area contributed by atoms with Gasteiger partial charge in [-0.1, -0.05) is 25.0 Å². The second-order valence-electron chi connectivity index (χ2n) is 14.3. The van der Waals surface area contributed by atoms with Crippen LogP contribution in [0.15, 0.2) is 60.9 Å². The molecule has 3 aliphatic rings. The lowest BCUT2D eigenvalue weighted by Crippen LogP contribution is -2.56. The number of benzene rings is 1. The summed E-state index contributed by atoms with van der Waals surface area (Å²) in [6, 6.07) is 9.03. The van der Waals surface area contributed by atoms with Gasteiger partial charge in [-0.15, -0.1) is 0 Å². The number of alkyl carbamates (subject to hydrolysis) is 1. The Hall–Kier alpha value is -5.07. The van der Waals surface area contributed by atoms with Crippen LogP contribution >= 0.6 is 0 Å². The molecule has 6 rings (SSSR count). The fraction of sp³-hybridized carbons (Fsp3) is 0.486. The van der Waals surface area contributed by atoms with Crippen LogP contribution in [0, 0.1) is 5.92 Å². The number of carbonyl (C=O) groups excluding carboxylic acids is 3. The fourth-order valence-electron chi connectivity index (χ4n) is 6.78. The Labute approximate surface area is 291 Å². The van der Waals surface area contributed by atoms with Gasteiger partial charge in [0, 0.05) is 42.3 Å². The van der Waals surface area contributed by atoms with E-state index >= 15 is 0 Å². The second-order valence-corrected chi connectivity index (χ2v) is 14.3. The van der Waals surface area contributed by atoms with E-state index in [1.807, 2.05) is 53.4 Å². The maximum Gasteiger partial charge on any atom is 0.408 e. The average molecular weight is 688 g/mol. The third kappa shape index (κ3) is 7.56. The third-order valence-corrected chi connectivity index (χ3v) is 9.44. The van der Waals surface area contributed by atoms with Crippen LogP contribution in [0.4, 0.5) is 4.79 Å². The first-order chi connectivity index (χ1) is 23.9. The highest BCUT2D eigenvalue weighted by Gasteiger charge is 2.61. The quantitative estimate of drug-likeness (QED) is 0.311. The van der Waals surface area contributed by atoms with E-state index in [1.165, 1.54) is 4.90 Å². The van der Waals surface area contributed by atoms with Gasteiger partial charge in [-0.25, -0.2) is 14.6 Å². The number of allylic oxidation sites excluding steroid dienone is 1. The van der Waals surface area contributed by atoms with E-state index < -0.39 is 53.2 Å². The number of aromatic nitrogens is 2. The lowest BCUT2D eigenvalue weighted by atomic mass is 10.0. The normalized spacial score (nSPS) is 26.4. The van der Waals surface area contributed by atoms with Gasteiger partial charge in [0.2, 0.25) is 11.8 Å². The van der Waals surface area contributed by atoms with Crippen molar-refractivity contribution in [1.82, 2.24) is 25.1 Å². The van der Waals surface area contributed by atoms with Crippen LogP contribution in [-0.2, 0) is 19.1 Å². The molecule has 2 aromatic heterocycles. The molecular weight excluding hydrogens is 642 g/mol. The smallest absolute Gasteiger partial charge is 0.408 e. The van der Waals surface area contributed by atoms with Gasteiger partial charge in [-0.2, -0.15) is 0 Å². The molecule has 1 aromatic carbocycles. The number of rotatable bonds is 6. The van der Waals surface area contributed by atoms with Crippen LogP contribution in [0.25, 0.3) is 16.7 Å². The Morgan fingerprint density at radius 2 is 1.88 bits per heavy atom. The number of aliphatic carboxylic acids is 1. The first-order valence-corrected chi connectivity index (χ1v) is 17.2. The van der Waals surface area contributed by atoms with Crippen molar-refractivity contribution >= 4 is 34.8 Å². The minimum atomic E-state index is -1.44. The van der Waals surface area contributed by atoms with Crippen molar-refractivity contribution < 1.29 is 38.5 Å². The fourth-order valence-corrected chi connectivity index (χ4v) is 6.78. The van der Waals surface area contributed by atoms with Crippen LogP contribution in [-0.4, -0.2) is 86.4 Å². The van der Waals surface area contributed by atoms with Gasteiger partial charge in [0.25, 0.3) is 0 Å². The average Bonchev–Trinajstić information content (AvgIpc) is 3.38. The summed E-state index contributed by atoms with van der Waals surface area (Å²) >= 11 is 0. The first-order valence-electron chi connectivity index (χ1n) is 17.2. The summed E-state index contributed by atoms with van der Waals surface area (Å²) in [5.74, 6) is -0.770. The lowest BCUT2D eigenvalue weighted by molar-refractivity contribution is -0.145. The number of methoxy groups -OCH3 is 1. The zero-order valence-corrected chi connectivity index (χ0v) is 28.9. The van der Waals surface area contributed by atoms with Gasteiger partial charge in [0.05, 0.1) is 19.2 Å². The molecule has 266 valence electrons. The molecule has 2 fully saturated rings. The Bertz CT molecular complexity index is 1780. The number of carboxylic acids is 1. The standard InChI is InChI=1S/C37H45N5O8/c1-36(2,3)50-35(47)39-27-13-9-7-5-6-8-12-23-21-37(23,34(45)46)40-32(43)29-19-25(22-42(29)33(27)44)49-30-20-31(41-16-10-11-17-41)38-28-18-24(48-4)14-15-26(28)30/h8,10-12,14-18,20,23,25,27,29H,5-7,9,13,19,21-22H2,1-4H3,(H,39,47)(H,40,43)(H,45,46)/b12-8-/t23-,25-,27?,29+,37-/m1/s1. The highest BCUT2D eigenvalue weighted by molar-refractivity contribution is 5.96. The van der Waals surface area contributed by atoms with Gasteiger partial charge < -0.3 is 39.4 Å². The second kappa shape index (κ2) is 14.0. The number of hydrogen-bond acceptors (Lipinski definition) is 8. The predicted molar refractivity (Wildman–Crippen MR) is 184 cm³/mol. The molecule has 50 heavy (non-hydrogen) atoms. The summed E-state index contributed by atoms with van der Waals surface area (Å²) in [5.41, 5.74) is -1.59. The Balaban J connectivity index is 1.34. The third-order valence-electron chi connectivity index (χ3n) is 9.44. The summed E-state index contributed by atoms with van der Waals surface area (Å²) in [7, 11) is 1.58. The Morgan fingerprint density at radius 1 is 1.10 bits per heavy atom. The Morgan fingerprint density at radius 3 is 2.60 bits per heavy atom. The van der Waals surface area contributed by atoms with Crippen molar-refractivity contribution in [3.05, 3.63) is 60.9 Å². The zero-order chi connectivity index (χ0) is 35.6. The van der Waals surface area contributed by atoms with E-state index in [0.717, 1.165) is 19.3 Å². The molecule has 3 aromatic rings. The summed E-state index contributed by atoms with van der Waals surface area (Å²) < 4.78 is 19.4. The van der Waals surface area contributed by atoms with E-state index in [2.05, 4.69) is 10.6 Å². The van der Waals surface area contributed by atoms with Gasteiger partial charge in [-0.3, -0.25) is 9.59 Å². The zero-order valence-electron chi connectivity index (χ0n) is 28.9. The number of carboxylic acid groups (broad SMARTS) is 1. The number of fused-ring (bicyclic) bond motifs is 3. The van der Waals surface area contributed by atoms with E-state index in [4.69, 9.17) is 19.2 Å². The minimum Gasteiger partial charge on any atom is -0.497 e. The number of amides is 3. The molecule has 1 saturated heterocycles. The molecule has 4 heterocycles. The summed E-state index contributed by atoms with van der Waals surface area (Å²) in [6.07, 6.45) is 9.94. The molecule has 3 N–H and O–H groups in total. The van der Waals surface area contributed by atoms with Crippen molar-refractivity contribution in [2.75, 3.05) is 13.7 Å². The molecule has 0 bridgehead atoms.